The van der Waals surface area contributed by atoms with Crippen molar-refractivity contribution < 1.29 is 9.53 Å². The second kappa shape index (κ2) is 4.94. The molecule has 0 aliphatic carbocycles. The van der Waals surface area contributed by atoms with Crippen molar-refractivity contribution in [1.29, 1.82) is 0 Å². The van der Waals surface area contributed by atoms with Crippen LogP contribution in [0, 0.1) is 11.8 Å². The summed E-state index contributed by atoms with van der Waals surface area (Å²) in [5.74, 6) is 0.0263. The highest BCUT2D eigenvalue weighted by Gasteiger charge is 2.09. The molecule has 11 heavy (non-hydrogen) atoms. The van der Waals surface area contributed by atoms with Crippen molar-refractivity contribution in [3.8, 4) is 0 Å². The van der Waals surface area contributed by atoms with Gasteiger partial charge in [0.05, 0.1) is 12.5 Å². The van der Waals surface area contributed by atoms with Gasteiger partial charge in [0.15, 0.2) is 0 Å². The molecule has 0 fully saturated rings. The molecule has 0 saturated heterocycles. The van der Waals surface area contributed by atoms with Gasteiger partial charge in [-0.15, -0.1) is 6.58 Å². The summed E-state index contributed by atoms with van der Waals surface area (Å²) in [6.07, 6.45) is 1.59. The molecular weight excluding hydrogens is 140 g/mol. The van der Waals surface area contributed by atoms with Crippen molar-refractivity contribution in [2.45, 2.75) is 20.8 Å². The molecule has 0 rings (SSSR count). The molecule has 64 valence electrons. The normalized spacial score (nSPS) is 12.7. The van der Waals surface area contributed by atoms with Gasteiger partial charge in [-0.25, -0.2) is 0 Å². The molecule has 1 unspecified atom stereocenters. The summed E-state index contributed by atoms with van der Waals surface area (Å²) >= 11 is 0. The fourth-order valence-corrected chi connectivity index (χ4v) is 0.476. The van der Waals surface area contributed by atoms with Gasteiger partial charge in [0.2, 0.25) is 0 Å². The Balaban J connectivity index is 3.60. The van der Waals surface area contributed by atoms with E-state index in [1.165, 1.54) is 0 Å². The molecule has 1 atom stereocenters. The van der Waals surface area contributed by atoms with Crippen LogP contribution < -0.4 is 0 Å². The zero-order chi connectivity index (χ0) is 8.85. The van der Waals surface area contributed by atoms with Gasteiger partial charge in [-0.3, -0.25) is 4.79 Å². The van der Waals surface area contributed by atoms with E-state index in [4.69, 9.17) is 4.74 Å². The van der Waals surface area contributed by atoms with Gasteiger partial charge in [-0.2, -0.15) is 0 Å². The molecule has 0 aromatic heterocycles. The van der Waals surface area contributed by atoms with Gasteiger partial charge < -0.3 is 4.74 Å². The highest BCUT2D eigenvalue weighted by molar-refractivity contribution is 5.73. The molecule has 0 aromatic carbocycles. The summed E-state index contributed by atoms with van der Waals surface area (Å²) in [7, 11) is 0. The second-order valence-electron chi connectivity index (χ2n) is 3.05. The molecule has 0 amide bonds. The lowest BCUT2D eigenvalue weighted by atomic mass is 10.2. The van der Waals surface area contributed by atoms with E-state index < -0.39 is 0 Å². The van der Waals surface area contributed by atoms with Crippen LogP contribution in [0.5, 0.6) is 0 Å². The van der Waals surface area contributed by atoms with Crippen LogP contribution in [-0.4, -0.2) is 12.6 Å². The smallest absolute Gasteiger partial charge is 0.312 e. The van der Waals surface area contributed by atoms with Gasteiger partial charge >= 0.3 is 5.97 Å². The quantitative estimate of drug-likeness (QED) is 0.459. The van der Waals surface area contributed by atoms with E-state index in [0.717, 1.165) is 0 Å². The number of rotatable bonds is 4. The van der Waals surface area contributed by atoms with Crippen molar-refractivity contribution in [2.75, 3.05) is 6.61 Å². The lowest BCUT2D eigenvalue weighted by molar-refractivity contribution is -0.147. The van der Waals surface area contributed by atoms with E-state index in [1.807, 2.05) is 13.8 Å². The van der Waals surface area contributed by atoms with Crippen molar-refractivity contribution in [2.24, 2.45) is 11.8 Å². The van der Waals surface area contributed by atoms with Crippen LogP contribution >= 0.6 is 0 Å². The van der Waals surface area contributed by atoms with Crippen LogP contribution in [0.15, 0.2) is 12.7 Å². The molecule has 0 saturated carbocycles. The molecule has 0 aliphatic rings. The summed E-state index contributed by atoms with van der Waals surface area (Å²) in [6.45, 7) is 9.79. The number of hydrogen-bond acceptors (Lipinski definition) is 2. The molecule has 0 heterocycles. The van der Waals surface area contributed by atoms with Gasteiger partial charge in [0.1, 0.15) is 0 Å². The molecule has 0 spiro atoms. The Kier molecular flexibility index (Phi) is 4.59. The first-order valence-electron chi connectivity index (χ1n) is 3.87. The fourth-order valence-electron chi connectivity index (χ4n) is 0.476. The zero-order valence-corrected chi connectivity index (χ0v) is 7.46. The minimum atomic E-state index is -0.186. The molecule has 0 radical (unpaired) electrons. The predicted octanol–water partition coefficient (Wildman–Crippen LogP) is 2.01. The third kappa shape index (κ3) is 4.59. The van der Waals surface area contributed by atoms with Crippen LogP contribution in [0.1, 0.15) is 20.8 Å². The fraction of sp³-hybridized carbons (Fsp3) is 0.667. The number of esters is 1. The van der Waals surface area contributed by atoms with Crippen molar-refractivity contribution in [3.05, 3.63) is 12.7 Å². The van der Waals surface area contributed by atoms with Gasteiger partial charge in [0, 0.05) is 0 Å². The summed E-state index contributed by atoms with van der Waals surface area (Å²) in [5.41, 5.74) is 0. The van der Waals surface area contributed by atoms with E-state index in [9.17, 15) is 4.79 Å². The number of carbonyl (C=O) groups is 1. The van der Waals surface area contributed by atoms with E-state index in [0.29, 0.717) is 12.5 Å². The van der Waals surface area contributed by atoms with Crippen LogP contribution in [-0.2, 0) is 9.53 Å². The summed E-state index contributed by atoms with van der Waals surface area (Å²) in [6, 6.07) is 0. The largest absolute Gasteiger partial charge is 0.465 e. The molecular formula is C9H16O2. The Morgan fingerprint density at radius 3 is 2.45 bits per heavy atom. The van der Waals surface area contributed by atoms with Gasteiger partial charge in [-0.05, 0) is 12.8 Å². The Bertz CT molecular complexity index is 138. The summed E-state index contributed by atoms with van der Waals surface area (Å²) in [5, 5.41) is 0. The Labute approximate surface area is 68.2 Å². The summed E-state index contributed by atoms with van der Waals surface area (Å²) < 4.78 is 4.95. The topological polar surface area (TPSA) is 26.3 Å². The number of ether oxygens (including phenoxy) is 1. The zero-order valence-electron chi connectivity index (χ0n) is 7.46. The average molecular weight is 156 g/mol. The second-order valence-corrected chi connectivity index (χ2v) is 3.05. The molecule has 0 bridgehead atoms. The third-order valence-corrected chi connectivity index (χ3v) is 1.28. The predicted molar refractivity (Wildman–Crippen MR) is 45.2 cm³/mol. The van der Waals surface area contributed by atoms with Crippen LogP contribution in [0.2, 0.25) is 0 Å². The number of carbonyl (C=O) groups excluding carboxylic acids is 1. The first-order chi connectivity index (χ1) is 5.07. The van der Waals surface area contributed by atoms with Crippen molar-refractivity contribution in [3.63, 3.8) is 0 Å². The van der Waals surface area contributed by atoms with E-state index in [2.05, 4.69) is 6.58 Å². The van der Waals surface area contributed by atoms with Gasteiger partial charge in [0.25, 0.3) is 0 Å². The Morgan fingerprint density at radius 2 is 2.09 bits per heavy atom. The average Bonchev–Trinajstić information content (AvgIpc) is 1.98. The minimum absolute atomic E-state index is 0.186. The third-order valence-electron chi connectivity index (χ3n) is 1.28. The minimum Gasteiger partial charge on any atom is -0.465 e. The SMILES string of the molecule is C=CC(C)C(=O)OCC(C)C. The lowest BCUT2D eigenvalue weighted by Gasteiger charge is -2.08. The van der Waals surface area contributed by atoms with Crippen LogP contribution in [0.4, 0.5) is 0 Å². The van der Waals surface area contributed by atoms with E-state index in [1.54, 1.807) is 13.0 Å². The molecule has 2 heteroatoms. The van der Waals surface area contributed by atoms with Gasteiger partial charge in [-0.1, -0.05) is 19.9 Å². The summed E-state index contributed by atoms with van der Waals surface area (Å²) in [4.78, 5) is 11.0. The molecule has 0 aromatic rings. The van der Waals surface area contributed by atoms with Crippen LogP contribution in [0.3, 0.4) is 0 Å². The monoisotopic (exact) mass is 156 g/mol. The molecule has 2 nitrogen and oxygen atoms in total. The lowest BCUT2D eigenvalue weighted by Crippen LogP contribution is -2.15. The number of hydrogen-bond donors (Lipinski definition) is 0. The Hall–Kier alpha value is -0.790. The maximum atomic E-state index is 11.0. The molecule has 0 N–H and O–H groups in total. The van der Waals surface area contributed by atoms with Crippen molar-refractivity contribution >= 4 is 5.97 Å². The highest BCUT2D eigenvalue weighted by atomic mass is 16.5. The van der Waals surface area contributed by atoms with Crippen molar-refractivity contribution in [1.82, 2.24) is 0 Å². The maximum absolute atomic E-state index is 11.0. The first kappa shape index (κ1) is 10.2. The van der Waals surface area contributed by atoms with E-state index >= 15 is 0 Å². The Morgan fingerprint density at radius 1 is 1.55 bits per heavy atom. The maximum Gasteiger partial charge on any atom is 0.312 e. The van der Waals surface area contributed by atoms with E-state index in [-0.39, 0.29) is 11.9 Å². The standard InChI is InChI=1S/C9H16O2/c1-5-8(4)9(10)11-6-7(2)3/h5,7-8H,1,6H2,2-4H3. The van der Waals surface area contributed by atoms with Crippen LogP contribution in [0.25, 0.3) is 0 Å². The first-order valence-corrected chi connectivity index (χ1v) is 3.87. The molecule has 0 aliphatic heterocycles. The highest BCUT2D eigenvalue weighted by Crippen LogP contribution is 2.01.